The third kappa shape index (κ3) is 1.45. The van der Waals surface area contributed by atoms with E-state index in [1.807, 2.05) is 54.6 Å². The summed E-state index contributed by atoms with van der Waals surface area (Å²) in [6, 6.07) is 17.0. The fourth-order valence-corrected chi connectivity index (χ4v) is 2.37. The second-order valence-electron chi connectivity index (χ2n) is 4.46. The molecule has 0 saturated carbocycles. The molecule has 0 fully saturated rings. The number of para-hydroxylation sites is 2. The van der Waals surface area contributed by atoms with Gasteiger partial charge in [-0.15, -0.1) is 0 Å². The molecular weight excluding hydrogens is 238 g/mol. The van der Waals surface area contributed by atoms with Gasteiger partial charge >= 0.3 is 0 Å². The van der Waals surface area contributed by atoms with E-state index in [0.717, 1.165) is 16.4 Å². The number of rotatable bonds is 0. The first-order valence-corrected chi connectivity index (χ1v) is 6.04. The highest BCUT2D eigenvalue weighted by Gasteiger charge is 2.15. The van der Waals surface area contributed by atoms with Crippen molar-refractivity contribution in [2.45, 2.75) is 0 Å². The smallest absolute Gasteiger partial charge is 0.281 e. The van der Waals surface area contributed by atoms with Crippen LogP contribution in [0.15, 0.2) is 63.8 Å². The topological polar surface area (TPSA) is 43.1 Å². The normalized spacial score (nSPS) is 11.4. The molecule has 3 heteroatoms. The maximum absolute atomic E-state index is 12.1. The molecule has 90 valence electrons. The minimum atomic E-state index is -0.247. The molecule has 2 aliphatic heterocycles. The van der Waals surface area contributed by atoms with Crippen LogP contribution in [-0.4, -0.2) is 4.98 Å². The van der Waals surface area contributed by atoms with Crippen LogP contribution in [-0.2, 0) is 0 Å². The van der Waals surface area contributed by atoms with E-state index in [0.29, 0.717) is 16.8 Å². The van der Waals surface area contributed by atoms with Crippen LogP contribution in [0.5, 0.6) is 0 Å². The van der Waals surface area contributed by atoms with Crippen LogP contribution in [0.3, 0.4) is 0 Å². The van der Waals surface area contributed by atoms with Gasteiger partial charge in [0.05, 0.1) is 11.1 Å². The number of hydrogen-bond acceptors (Lipinski definition) is 3. The molecule has 0 radical (unpaired) electrons. The minimum Gasteiger partial charge on any atom is -0.455 e. The van der Waals surface area contributed by atoms with E-state index in [9.17, 15) is 4.79 Å². The zero-order chi connectivity index (χ0) is 12.8. The third-order valence-corrected chi connectivity index (χ3v) is 3.28. The van der Waals surface area contributed by atoms with Gasteiger partial charge < -0.3 is 4.42 Å². The molecule has 0 unspecified atom stereocenters. The van der Waals surface area contributed by atoms with Crippen molar-refractivity contribution in [2.24, 2.45) is 0 Å². The molecule has 0 aromatic heterocycles. The van der Waals surface area contributed by atoms with Crippen LogP contribution in [0.2, 0.25) is 0 Å². The van der Waals surface area contributed by atoms with Gasteiger partial charge in [-0.25, -0.2) is 4.98 Å². The van der Waals surface area contributed by atoms with Crippen molar-refractivity contribution < 1.29 is 4.42 Å². The van der Waals surface area contributed by atoms with Crippen molar-refractivity contribution in [1.82, 2.24) is 4.98 Å². The maximum Gasteiger partial charge on any atom is 0.281 e. The second-order valence-corrected chi connectivity index (χ2v) is 4.46. The van der Waals surface area contributed by atoms with Gasteiger partial charge in [0.25, 0.3) is 5.56 Å². The largest absolute Gasteiger partial charge is 0.455 e. The van der Waals surface area contributed by atoms with Crippen LogP contribution in [0.4, 0.5) is 0 Å². The highest BCUT2D eigenvalue weighted by atomic mass is 16.3. The van der Waals surface area contributed by atoms with Crippen molar-refractivity contribution in [1.29, 1.82) is 0 Å². The summed E-state index contributed by atoms with van der Waals surface area (Å²) in [6.07, 6.45) is 0. The van der Waals surface area contributed by atoms with E-state index in [1.54, 1.807) is 0 Å². The van der Waals surface area contributed by atoms with E-state index in [1.165, 1.54) is 0 Å². The number of pyridine rings is 1. The molecule has 3 nitrogen and oxygen atoms in total. The summed E-state index contributed by atoms with van der Waals surface area (Å²) < 4.78 is 5.90. The van der Waals surface area contributed by atoms with E-state index in [4.69, 9.17) is 4.42 Å². The first kappa shape index (κ1) is 10.3. The van der Waals surface area contributed by atoms with E-state index in [-0.39, 0.29) is 5.56 Å². The molecule has 0 amide bonds. The molecule has 0 aliphatic carbocycles. The molecule has 0 spiro atoms. The van der Waals surface area contributed by atoms with Gasteiger partial charge in [-0.05, 0) is 24.3 Å². The summed E-state index contributed by atoms with van der Waals surface area (Å²) in [5.74, 6) is 0.606. The zero-order valence-electron chi connectivity index (χ0n) is 9.96. The van der Waals surface area contributed by atoms with Crippen molar-refractivity contribution >= 4 is 21.9 Å². The SMILES string of the molecule is O=c1nc2ccccc2c2oc3ccccc3cc1-2. The molecule has 0 N–H and O–H groups in total. The standard InChI is InChI=1S/C16H9NO2/c18-16-12-9-10-5-1-4-8-14(10)19-15(12)11-6-2-3-7-13(11)17-16/h1-9H. The minimum absolute atomic E-state index is 0.247. The first-order valence-electron chi connectivity index (χ1n) is 6.04. The van der Waals surface area contributed by atoms with Gasteiger partial charge in [0, 0.05) is 10.8 Å². The van der Waals surface area contributed by atoms with Crippen molar-refractivity contribution in [3.05, 3.63) is 65.0 Å². The number of hydrogen-bond donors (Lipinski definition) is 0. The van der Waals surface area contributed by atoms with Gasteiger partial charge in [0.15, 0.2) is 0 Å². The Morgan fingerprint density at radius 3 is 2.68 bits per heavy atom. The summed E-state index contributed by atoms with van der Waals surface area (Å²) in [5.41, 5.74) is 1.71. The lowest BCUT2D eigenvalue weighted by Gasteiger charge is -2.08. The lowest BCUT2D eigenvalue weighted by molar-refractivity contribution is 0.623. The predicted octanol–water partition coefficient (Wildman–Crippen LogP) is 3.45. The zero-order valence-corrected chi connectivity index (χ0v) is 9.96. The fourth-order valence-electron chi connectivity index (χ4n) is 2.37. The molecule has 2 aliphatic rings. The average Bonchev–Trinajstić information content (AvgIpc) is 2.46. The summed E-state index contributed by atoms with van der Waals surface area (Å²) in [5, 5.41) is 1.77. The lowest BCUT2D eigenvalue weighted by Crippen LogP contribution is -2.10. The Balaban J connectivity index is 2.31. The number of nitrogens with zero attached hydrogens (tertiary/aromatic N) is 1. The number of aromatic nitrogens is 1. The third-order valence-electron chi connectivity index (χ3n) is 3.28. The predicted molar refractivity (Wildman–Crippen MR) is 74.4 cm³/mol. The van der Waals surface area contributed by atoms with Gasteiger partial charge in [-0.1, -0.05) is 30.3 Å². The van der Waals surface area contributed by atoms with Gasteiger partial charge in [-0.2, -0.15) is 0 Å². The van der Waals surface area contributed by atoms with Gasteiger partial charge in [0.2, 0.25) is 0 Å². The Morgan fingerprint density at radius 2 is 1.74 bits per heavy atom. The van der Waals surface area contributed by atoms with Crippen molar-refractivity contribution in [3.8, 4) is 11.3 Å². The van der Waals surface area contributed by atoms with Crippen LogP contribution in [0, 0.1) is 0 Å². The molecule has 2 aromatic carbocycles. The van der Waals surface area contributed by atoms with Crippen molar-refractivity contribution in [2.75, 3.05) is 0 Å². The molecule has 0 atom stereocenters. The number of fused-ring (bicyclic) bond motifs is 4. The Bertz CT molecular complexity index is 940. The fraction of sp³-hybridized carbons (Fsp3) is 0. The van der Waals surface area contributed by atoms with E-state index in [2.05, 4.69) is 4.98 Å². The van der Waals surface area contributed by atoms with Gasteiger partial charge in [0.1, 0.15) is 11.3 Å². The summed E-state index contributed by atoms with van der Waals surface area (Å²) in [6.45, 7) is 0. The van der Waals surface area contributed by atoms with Crippen LogP contribution in [0.25, 0.3) is 33.2 Å². The maximum atomic E-state index is 12.1. The Morgan fingerprint density at radius 1 is 0.947 bits per heavy atom. The first-order chi connectivity index (χ1) is 9.33. The summed E-state index contributed by atoms with van der Waals surface area (Å²) in [7, 11) is 0. The Labute approximate surface area is 108 Å². The van der Waals surface area contributed by atoms with Crippen LogP contribution < -0.4 is 5.56 Å². The quantitative estimate of drug-likeness (QED) is 0.353. The van der Waals surface area contributed by atoms with Crippen molar-refractivity contribution in [3.63, 3.8) is 0 Å². The highest BCUT2D eigenvalue weighted by molar-refractivity contribution is 5.95. The Kier molecular flexibility index (Phi) is 1.97. The van der Waals surface area contributed by atoms with E-state index < -0.39 is 0 Å². The lowest BCUT2D eigenvalue weighted by atomic mass is 10.1. The van der Waals surface area contributed by atoms with Gasteiger partial charge in [-0.3, -0.25) is 4.79 Å². The second kappa shape index (κ2) is 3.65. The van der Waals surface area contributed by atoms with Crippen LogP contribution >= 0.6 is 0 Å². The average molecular weight is 247 g/mol. The van der Waals surface area contributed by atoms with E-state index >= 15 is 0 Å². The summed E-state index contributed by atoms with van der Waals surface area (Å²) >= 11 is 0. The van der Waals surface area contributed by atoms with Crippen LogP contribution in [0.1, 0.15) is 0 Å². The monoisotopic (exact) mass is 247 g/mol. The molecular formula is C16H9NO2. The Hall–Kier alpha value is -2.68. The molecule has 4 rings (SSSR count). The molecule has 19 heavy (non-hydrogen) atoms. The molecule has 2 aromatic rings. The summed E-state index contributed by atoms with van der Waals surface area (Å²) in [4.78, 5) is 16.2. The molecule has 2 heterocycles. The number of benzene rings is 2. The molecule has 0 saturated heterocycles. The molecule has 0 bridgehead atoms. The highest BCUT2D eigenvalue weighted by Crippen LogP contribution is 2.30.